The number of nitrogens with zero attached hydrogens (tertiary/aromatic N) is 2. The van der Waals surface area contributed by atoms with Crippen molar-refractivity contribution in [1.29, 1.82) is 0 Å². The SMILES string of the molecule is O=S1(=O)N(Cc2ccc(CO)cc2)C(COc2ccccc2)=C(O)C(O)=C(COc2ccccc2)N1Cc1ccc(CO)cc1. The third kappa shape index (κ3) is 7.40. The van der Waals surface area contributed by atoms with Gasteiger partial charge in [0.05, 0.1) is 26.3 Å². The van der Waals surface area contributed by atoms with Gasteiger partial charge in [-0.1, -0.05) is 84.9 Å². The highest BCUT2D eigenvalue weighted by atomic mass is 32.2. The number of aliphatic hydroxyl groups is 4. The minimum atomic E-state index is -4.53. The number of benzene rings is 4. The molecule has 5 rings (SSSR count). The summed E-state index contributed by atoms with van der Waals surface area (Å²) in [5.41, 5.74) is 2.07. The molecular formula is C34H34N2O8S. The Morgan fingerprint density at radius 2 is 0.844 bits per heavy atom. The predicted molar refractivity (Wildman–Crippen MR) is 168 cm³/mol. The van der Waals surface area contributed by atoms with Gasteiger partial charge in [0.25, 0.3) is 0 Å². The molecule has 1 heterocycles. The lowest BCUT2D eigenvalue weighted by atomic mass is 10.1. The van der Waals surface area contributed by atoms with E-state index >= 15 is 0 Å². The maximum atomic E-state index is 14.7. The average Bonchev–Trinajstić information content (AvgIpc) is 3.12. The van der Waals surface area contributed by atoms with Crippen molar-refractivity contribution in [1.82, 2.24) is 8.61 Å². The van der Waals surface area contributed by atoms with Gasteiger partial charge in [-0.3, -0.25) is 0 Å². The van der Waals surface area contributed by atoms with Crippen LogP contribution in [0.3, 0.4) is 0 Å². The van der Waals surface area contributed by atoms with Crippen LogP contribution in [0.2, 0.25) is 0 Å². The molecule has 4 aromatic carbocycles. The zero-order valence-corrected chi connectivity index (χ0v) is 25.2. The van der Waals surface area contributed by atoms with Gasteiger partial charge in [-0.05, 0) is 46.5 Å². The summed E-state index contributed by atoms with van der Waals surface area (Å²) in [6, 6.07) is 30.9. The highest BCUT2D eigenvalue weighted by Gasteiger charge is 2.41. The van der Waals surface area contributed by atoms with Crippen molar-refractivity contribution in [2.24, 2.45) is 0 Å². The molecular weight excluding hydrogens is 596 g/mol. The third-order valence-corrected chi connectivity index (χ3v) is 9.04. The molecule has 0 amide bonds. The van der Waals surface area contributed by atoms with Crippen LogP contribution in [0.25, 0.3) is 0 Å². The van der Waals surface area contributed by atoms with Gasteiger partial charge >= 0.3 is 10.2 Å². The second kappa shape index (κ2) is 14.2. The smallest absolute Gasteiger partial charge is 0.327 e. The number of aliphatic hydroxyl groups excluding tert-OH is 4. The second-order valence-corrected chi connectivity index (χ2v) is 12.0. The summed E-state index contributed by atoms with van der Waals surface area (Å²) in [5, 5.41) is 42.0. The Hall–Kier alpha value is -4.97. The number of rotatable bonds is 12. The normalized spacial score (nSPS) is 14.8. The Balaban J connectivity index is 1.61. The van der Waals surface area contributed by atoms with Crippen LogP contribution in [0, 0.1) is 0 Å². The molecule has 0 aliphatic carbocycles. The van der Waals surface area contributed by atoms with Gasteiger partial charge in [-0.25, -0.2) is 8.61 Å². The van der Waals surface area contributed by atoms with Crippen molar-refractivity contribution in [3.8, 4) is 11.5 Å². The molecule has 0 radical (unpaired) electrons. The predicted octanol–water partition coefficient (Wildman–Crippen LogP) is 4.93. The van der Waals surface area contributed by atoms with E-state index in [1.165, 1.54) is 0 Å². The first-order chi connectivity index (χ1) is 21.8. The molecule has 0 saturated carbocycles. The molecule has 10 nitrogen and oxygen atoms in total. The van der Waals surface area contributed by atoms with E-state index in [4.69, 9.17) is 9.47 Å². The average molecular weight is 631 g/mol. The fraction of sp³-hybridized carbons (Fsp3) is 0.176. The van der Waals surface area contributed by atoms with Crippen molar-refractivity contribution < 1.29 is 38.3 Å². The maximum Gasteiger partial charge on any atom is 0.327 e. The quantitative estimate of drug-likeness (QED) is 0.173. The summed E-state index contributed by atoms with van der Waals surface area (Å²) in [6.45, 7) is -1.56. The second-order valence-electron chi connectivity index (χ2n) is 10.3. The number of para-hydroxylation sites is 2. The fourth-order valence-electron chi connectivity index (χ4n) is 4.71. The van der Waals surface area contributed by atoms with E-state index in [0.717, 1.165) is 8.61 Å². The van der Waals surface area contributed by atoms with E-state index in [-0.39, 0.29) is 50.9 Å². The standard InChI is InChI=1S/C34H34N2O8S/c37-21-27-15-11-25(12-16-27)19-35-31(23-43-29-7-3-1-4-8-29)33(39)34(40)32(24-44-30-9-5-2-6-10-30)36(45(35,41)42)20-26-13-17-28(22-38)18-14-26/h1-18,37-40H,19-24H2. The van der Waals surface area contributed by atoms with E-state index in [1.807, 2.05) is 0 Å². The Labute approximate surface area is 262 Å². The number of hydrogen-bond donors (Lipinski definition) is 4. The molecule has 0 unspecified atom stereocenters. The van der Waals surface area contributed by atoms with E-state index in [1.54, 1.807) is 109 Å². The molecule has 4 N–H and O–H groups in total. The van der Waals surface area contributed by atoms with Gasteiger partial charge in [0.2, 0.25) is 0 Å². The molecule has 0 spiro atoms. The number of ether oxygens (including phenoxy) is 2. The van der Waals surface area contributed by atoms with Gasteiger partial charge in [0.15, 0.2) is 11.5 Å². The maximum absolute atomic E-state index is 14.7. The molecule has 0 saturated heterocycles. The van der Waals surface area contributed by atoms with E-state index in [9.17, 15) is 28.8 Å². The Kier molecular flexibility index (Phi) is 9.93. The minimum Gasteiger partial charge on any atom is -0.503 e. The third-order valence-electron chi connectivity index (χ3n) is 7.23. The molecule has 45 heavy (non-hydrogen) atoms. The lowest BCUT2D eigenvalue weighted by Crippen LogP contribution is -2.43. The van der Waals surface area contributed by atoms with Gasteiger partial charge in [0.1, 0.15) is 36.1 Å². The van der Waals surface area contributed by atoms with Crippen LogP contribution in [0.5, 0.6) is 11.5 Å². The van der Waals surface area contributed by atoms with Gasteiger partial charge < -0.3 is 29.9 Å². The molecule has 0 atom stereocenters. The van der Waals surface area contributed by atoms with Crippen LogP contribution < -0.4 is 9.47 Å². The number of hydrogen-bond acceptors (Lipinski definition) is 8. The minimum absolute atomic E-state index is 0.176. The molecule has 0 bridgehead atoms. The first-order valence-corrected chi connectivity index (χ1v) is 15.6. The van der Waals surface area contributed by atoms with Gasteiger partial charge in [-0.15, -0.1) is 0 Å². The van der Waals surface area contributed by atoms with E-state index in [0.29, 0.717) is 33.8 Å². The van der Waals surface area contributed by atoms with Crippen molar-refractivity contribution in [2.45, 2.75) is 26.3 Å². The molecule has 1 aliphatic rings. The lowest BCUT2D eigenvalue weighted by molar-refractivity contribution is 0.263. The van der Waals surface area contributed by atoms with Crippen LogP contribution in [0.1, 0.15) is 22.3 Å². The van der Waals surface area contributed by atoms with E-state index < -0.39 is 21.7 Å². The van der Waals surface area contributed by atoms with Crippen molar-refractivity contribution in [3.05, 3.63) is 154 Å². The Bertz CT molecular complexity index is 1620. The highest BCUT2D eigenvalue weighted by molar-refractivity contribution is 7.87. The van der Waals surface area contributed by atoms with Gasteiger partial charge in [0, 0.05) is 0 Å². The monoisotopic (exact) mass is 630 g/mol. The molecule has 234 valence electrons. The Morgan fingerprint density at radius 1 is 0.511 bits per heavy atom. The first kappa shape index (κ1) is 31.5. The zero-order chi connectivity index (χ0) is 31.8. The topological polar surface area (TPSA) is 140 Å². The molecule has 4 aromatic rings. The summed E-state index contributed by atoms with van der Waals surface area (Å²) in [4.78, 5) is 0. The summed E-state index contributed by atoms with van der Waals surface area (Å²) in [6.07, 6.45) is 0. The molecule has 0 fully saturated rings. The summed E-state index contributed by atoms with van der Waals surface area (Å²) in [5.74, 6) is -0.482. The summed E-state index contributed by atoms with van der Waals surface area (Å²) < 4.78 is 43.2. The van der Waals surface area contributed by atoms with Crippen LogP contribution >= 0.6 is 0 Å². The molecule has 0 aromatic heterocycles. The van der Waals surface area contributed by atoms with Crippen LogP contribution in [0.15, 0.2) is 132 Å². The lowest BCUT2D eigenvalue weighted by Gasteiger charge is -2.33. The summed E-state index contributed by atoms with van der Waals surface area (Å²) >= 11 is 0. The van der Waals surface area contributed by atoms with Crippen molar-refractivity contribution >= 4 is 10.2 Å². The zero-order valence-electron chi connectivity index (χ0n) is 24.4. The van der Waals surface area contributed by atoms with Crippen LogP contribution in [-0.2, 0) is 36.5 Å². The van der Waals surface area contributed by atoms with Crippen molar-refractivity contribution in [2.75, 3.05) is 13.2 Å². The van der Waals surface area contributed by atoms with Crippen LogP contribution in [0.4, 0.5) is 0 Å². The molecule has 1 aliphatic heterocycles. The van der Waals surface area contributed by atoms with E-state index in [2.05, 4.69) is 0 Å². The first-order valence-electron chi connectivity index (χ1n) is 14.2. The van der Waals surface area contributed by atoms with Crippen molar-refractivity contribution in [3.63, 3.8) is 0 Å². The van der Waals surface area contributed by atoms with Gasteiger partial charge in [-0.2, -0.15) is 8.42 Å². The fourth-order valence-corrected chi connectivity index (χ4v) is 6.41. The highest BCUT2D eigenvalue weighted by Crippen LogP contribution is 2.34. The molecule has 11 heteroatoms. The summed E-state index contributed by atoms with van der Waals surface area (Å²) in [7, 11) is -4.53. The Morgan fingerprint density at radius 3 is 1.18 bits per heavy atom. The van der Waals surface area contributed by atoms with Crippen LogP contribution in [-0.4, -0.2) is 50.7 Å². The largest absolute Gasteiger partial charge is 0.503 e.